The number of nitrogens with one attached hydrogen (secondary N) is 1. The number of halogens is 1. The Morgan fingerprint density at radius 2 is 1.96 bits per heavy atom. The van der Waals surface area contributed by atoms with Gasteiger partial charge in [-0.25, -0.2) is 5.48 Å². The molecule has 0 aliphatic carbocycles. The molecule has 134 valence electrons. The van der Waals surface area contributed by atoms with Gasteiger partial charge < -0.3 is 4.90 Å². The van der Waals surface area contributed by atoms with Crippen molar-refractivity contribution >= 4 is 23.4 Å². The van der Waals surface area contributed by atoms with E-state index in [1.165, 1.54) is 4.90 Å². The second-order valence-corrected chi connectivity index (χ2v) is 7.22. The summed E-state index contributed by atoms with van der Waals surface area (Å²) >= 11 is 6.21. The van der Waals surface area contributed by atoms with Crippen LogP contribution in [0, 0.1) is 5.41 Å². The summed E-state index contributed by atoms with van der Waals surface area (Å²) in [6.07, 6.45) is 2.72. The predicted molar refractivity (Wildman–Crippen MR) is 95.0 cm³/mol. The number of benzene rings is 1. The molecular formula is C18H27ClN2O3. The molecule has 2 N–H and O–H groups in total. The second kappa shape index (κ2) is 9.64. The molecule has 0 spiro atoms. The van der Waals surface area contributed by atoms with Crippen LogP contribution in [-0.4, -0.2) is 35.0 Å². The minimum absolute atomic E-state index is 0.0934. The Kier molecular flexibility index (Phi) is 8.22. The van der Waals surface area contributed by atoms with Crippen LogP contribution < -0.4 is 5.48 Å². The molecule has 0 saturated carbocycles. The highest BCUT2D eigenvalue weighted by Crippen LogP contribution is 2.30. The summed E-state index contributed by atoms with van der Waals surface area (Å²) in [7, 11) is 0. The van der Waals surface area contributed by atoms with Crippen molar-refractivity contribution in [2.45, 2.75) is 46.5 Å². The van der Waals surface area contributed by atoms with Crippen LogP contribution in [0.4, 0.5) is 0 Å². The van der Waals surface area contributed by atoms with E-state index in [4.69, 9.17) is 16.8 Å². The maximum Gasteiger partial charge on any atom is 0.262 e. The molecule has 0 aliphatic heterocycles. The third-order valence-electron chi connectivity index (χ3n) is 3.85. The number of hydrogen-bond donors (Lipinski definition) is 2. The van der Waals surface area contributed by atoms with Gasteiger partial charge in [0.2, 0.25) is 5.91 Å². The zero-order valence-electron chi connectivity index (χ0n) is 14.6. The summed E-state index contributed by atoms with van der Waals surface area (Å²) in [6.45, 7) is 6.43. The molecule has 5 nitrogen and oxygen atoms in total. The number of amides is 2. The number of unbranched alkanes of at least 4 members (excludes halogenated alkanes) is 1. The van der Waals surface area contributed by atoms with Crippen molar-refractivity contribution in [2.75, 3.05) is 13.1 Å². The van der Waals surface area contributed by atoms with E-state index in [9.17, 15) is 9.59 Å². The van der Waals surface area contributed by atoms with E-state index in [1.54, 1.807) is 5.48 Å². The maximum absolute atomic E-state index is 12.6. The number of hydroxylamine groups is 1. The lowest BCUT2D eigenvalue weighted by Gasteiger charge is -2.29. The number of carbonyl (C=O) groups excluding carboxylic acids is 2. The lowest BCUT2D eigenvalue weighted by Crippen LogP contribution is -2.42. The number of nitrogens with zero attached hydrogens (tertiary/aromatic N) is 1. The fraction of sp³-hybridized carbons (Fsp3) is 0.556. The van der Waals surface area contributed by atoms with Crippen LogP contribution >= 0.6 is 11.6 Å². The normalized spacial score (nSPS) is 11.2. The van der Waals surface area contributed by atoms with Gasteiger partial charge in [0.15, 0.2) is 0 Å². The average molecular weight is 355 g/mol. The topological polar surface area (TPSA) is 69.6 Å². The van der Waals surface area contributed by atoms with Gasteiger partial charge in [0.1, 0.15) is 6.54 Å². The van der Waals surface area contributed by atoms with E-state index < -0.39 is 5.91 Å². The largest absolute Gasteiger partial charge is 0.333 e. The van der Waals surface area contributed by atoms with Gasteiger partial charge in [0.25, 0.3) is 5.91 Å². The summed E-state index contributed by atoms with van der Waals surface area (Å²) in [5.74, 6) is -0.674. The van der Waals surface area contributed by atoms with Crippen molar-refractivity contribution in [3.63, 3.8) is 0 Å². The molecule has 1 aromatic rings. The van der Waals surface area contributed by atoms with Gasteiger partial charge in [0.05, 0.1) is 0 Å². The van der Waals surface area contributed by atoms with Crippen molar-refractivity contribution in [1.29, 1.82) is 0 Å². The first-order valence-electron chi connectivity index (χ1n) is 8.23. The Bertz CT molecular complexity index is 561. The fourth-order valence-electron chi connectivity index (χ4n) is 2.59. The molecule has 0 atom stereocenters. The van der Waals surface area contributed by atoms with Crippen molar-refractivity contribution < 1.29 is 14.8 Å². The summed E-state index contributed by atoms with van der Waals surface area (Å²) in [5, 5.41) is 9.39. The number of hydrogen-bond acceptors (Lipinski definition) is 3. The van der Waals surface area contributed by atoms with Gasteiger partial charge in [0, 0.05) is 18.0 Å². The first kappa shape index (κ1) is 20.5. The predicted octanol–water partition coefficient (Wildman–Crippen LogP) is 3.43. The molecule has 0 aliphatic rings. The molecule has 0 bridgehead atoms. The molecule has 0 aromatic heterocycles. The summed E-state index contributed by atoms with van der Waals surface area (Å²) in [5.41, 5.74) is 2.30. The van der Waals surface area contributed by atoms with Crippen LogP contribution in [0.5, 0.6) is 0 Å². The van der Waals surface area contributed by atoms with E-state index in [0.29, 0.717) is 24.4 Å². The number of rotatable bonds is 9. The van der Waals surface area contributed by atoms with Crippen LogP contribution in [0.1, 0.15) is 45.6 Å². The summed E-state index contributed by atoms with van der Waals surface area (Å²) in [4.78, 5) is 25.5. The van der Waals surface area contributed by atoms with Crippen LogP contribution in [0.15, 0.2) is 24.3 Å². The Hall–Kier alpha value is -1.59. The summed E-state index contributed by atoms with van der Waals surface area (Å²) < 4.78 is 0. The van der Waals surface area contributed by atoms with Crippen molar-refractivity contribution in [2.24, 2.45) is 5.41 Å². The van der Waals surface area contributed by atoms with Gasteiger partial charge in [-0.15, -0.1) is 0 Å². The van der Waals surface area contributed by atoms with E-state index in [0.717, 1.165) is 18.4 Å². The average Bonchev–Trinajstić information content (AvgIpc) is 2.52. The van der Waals surface area contributed by atoms with Crippen molar-refractivity contribution in [3.8, 4) is 0 Å². The quantitative estimate of drug-likeness (QED) is 0.527. The molecule has 0 fully saturated rings. The standard InChI is InChI=1S/C18H27ClN2O3/c1-4-5-10-21(13-16(22)20-24)17(23)12-18(2,3)11-14-8-6-7-9-15(14)19/h6-9,24H,4-5,10-13H2,1-3H3,(H,20,22). The van der Waals surface area contributed by atoms with Crippen LogP contribution in [0.25, 0.3) is 0 Å². The van der Waals surface area contributed by atoms with Gasteiger partial charge in [-0.05, 0) is 29.9 Å². The van der Waals surface area contributed by atoms with Crippen molar-refractivity contribution in [3.05, 3.63) is 34.9 Å². The third-order valence-corrected chi connectivity index (χ3v) is 4.22. The molecule has 6 heteroatoms. The molecule has 0 radical (unpaired) electrons. The minimum atomic E-state index is -0.580. The second-order valence-electron chi connectivity index (χ2n) is 6.81. The SMILES string of the molecule is CCCCN(CC(=O)NO)C(=O)CC(C)(C)Cc1ccccc1Cl. The monoisotopic (exact) mass is 354 g/mol. The van der Waals surface area contributed by atoms with Gasteiger partial charge in [-0.1, -0.05) is 57.0 Å². The Morgan fingerprint density at radius 3 is 2.54 bits per heavy atom. The highest BCUT2D eigenvalue weighted by Gasteiger charge is 2.27. The van der Waals surface area contributed by atoms with E-state index >= 15 is 0 Å². The lowest BCUT2D eigenvalue weighted by molar-refractivity contribution is -0.140. The molecule has 0 heterocycles. The van der Waals surface area contributed by atoms with E-state index in [1.807, 2.05) is 45.0 Å². The molecule has 1 rings (SSSR count). The first-order chi connectivity index (χ1) is 11.3. The van der Waals surface area contributed by atoms with Gasteiger partial charge >= 0.3 is 0 Å². The van der Waals surface area contributed by atoms with Crippen molar-refractivity contribution in [1.82, 2.24) is 10.4 Å². The zero-order valence-corrected chi connectivity index (χ0v) is 15.4. The van der Waals surface area contributed by atoms with Crippen LogP contribution in [-0.2, 0) is 16.0 Å². The Morgan fingerprint density at radius 1 is 1.29 bits per heavy atom. The van der Waals surface area contributed by atoms with E-state index in [-0.39, 0.29) is 17.9 Å². The van der Waals surface area contributed by atoms with Crippen LogP contribution in [0.3, 0.4) is 0 Å². The highest BCUT2D eigenvalue weighted by atomic mass is 35.5. The Labute approximate surface area is 148 Å². The lowest BCUT2D eigenvalue weighted by atomic mass is 9.82. The molecule has 0 saturated heterocycles. The number of carbonyl (C=O) groups is 2. The maximum atomic E-state index is 12.6. The van der Waals surface area contributed by atoms with Gasteiger partial charge in [-0.3, -0.25) is 14.8 Å². The molecule has 0 unspecified atom stereocenters. The first-order valence-corrected chi connectivity index (χ1v) is 8.61. The molecular weight excluding hydrogens is 328 g/mol. The molecule has 1 aromatic carbocycles. The smallest absolute Gasteiger partial charge is 0.262 e. The Balaban J connectivity index is 2.75. The minimum Gasteiger partial charge on any atom is -0.333 e. The molecule has 2 amide bonds. The zero-order chi connectivity index (χ0) is 18.2. The third kappa shape index (κ3) is 6.89. The van der Waals surface area contributed by atoms with Gasteiger partial charge in [-0.2, -0.15) is 0 Å². The van der Waals surface area contributed by atoms with E-state index in [2.05, 4.69) is 0 Å². The summed E-state index contributed by atoms with van der Waals surface area (Å²) in [6, 6.07) is 7.61. The highest BCUT2D eigenvalue weighted by molar-refractivity contribution is 6.31. The van der Waals surface area contributed by atoms with Crippen LogP contribution in [0.2, 0.25) is 5.02 Å². The molecule has 24 heavy (non-hydrogen) atoms. The fourth-order valence-corrected chi connectivity index (χ4v) is 2.79.